The van der Waals surface area contributed by atoms with Crippen molar-refractivity contribution in [2.24, 2.45) is 10.2 Å². The van der Waals surface area contributed by atoms with E-state index in [1.54, 1.807) is 26.5 Å². The third-order valence-electron chi connectivity index (χ3n) is 2.19. The summed E-state index contributed by atoms with van der Waals surface area (Å²) >= 11 is 9.84. The summed E-state index contributed by atoms with van der Waals surface area (Å²) in [5.74, 6) is 0. The first-order chi connectivity index (χ1) is 9.67. The molecule has 0 aromatic heterocycles. The van der Waals surface area contributed by atoms with Crippen LogP contribution in [0.1, 0.15) is 11.1 Å². The maximum Gasteiger partial charge on any atom is 0.186 e. The summed E-state index contributed by atoms with van der Waals surface area (Å²) < 4.78 is 0. The van der Waals surface area contributed by atoms with Gasteiger partial charge in [-0.15, -0.1) is 0 Å². The largest absolute Gasteiger partial charge is 0.364 e. The molecule has 20 heavy (non-hydrogen) atoms. The van der Waals surface area contributed by atoms with E-state index in [9.17, 15) is 0 Å². The normalized spacial score (nSPS) is 10.5. The molecule has 0 fully saturated rings. The fraction of sp³-hybridized carbons (Fsp3) is 0.167. The third-order valence-corrected chi connectivity index (χ3v) is 2.78. The minimum absolute atomic E-state index is 0.452. The summed E-state index contributed by atoms with van der Waals surface area (Å²) in [6.07, 6.45) is 3.34. The monoisotopic (exact) mass is 308 g/mol. The van der Waals surface area contributed by atoms with Gasteiger partial charge in [-0.25, -0.2) is 0 Å². The summed E-state index contributed by atoms with van der Waals surface area (Å²) in [5.41, 5.74) is 7.19. The Morgan fingerprint density at radius 1 is 0.900 bits per heavy atom. The summed E-state index contributed by atoms with van der Waals surface area (Å²) in [6, 6.07) is 7.68. The zero-order valence-electron chi connectivity index (χ0n) is 11.2. The van der Waals surface area contributed by atoms with Crippen LogP contribution in [0, 0.1) is 0 Å². The second-order valence-corrected chi connectivity index (χ2v) is 4.34. The molecule has 0 aliphatic carbocycles. The summed E-state index contributed by atoms with van der Waals surface area (Å²) in [4.78, 5) is 0. The number of benzene rings is 1. The quantitative estimate of drug-likeness (QED) is 0.370. The molecule has 106 valence electrons. The first kappa shape index (κ1) is 16.0. The van der Waals surface area contributed by atoms with Gasteiger partial charge in [0.1, 0.15) is 0 Å². The fourth-order valence-corrected chi connectivity index (χ4v) is 1.28. The van der Waals surface area contributed by atoms with Crippen molar-refractivity contribution in [2.75, 3.05) is 14.1 Å². The molecular formula is C12H16N6S2. The number of hydrazone groups is 2. The van der Waals surface area contributed by atoms with Crippen LogP contribution in [0.4, 0.5) is 0 Å². The van der Waals surface area contributed by atoms with Crippen LogP contribution in [0.25, 0.3) is 0 Å². The van der Waals surface area contributed by atoms with Crippen LogP contribution >= 0.6 is 24.4 Å². The van der Waals surface area contributed by atoms with Crippen LogP contribution in [0.3, 0.4) is 0 Å². The van der Waals surface area contributed by atoms with Gasteiger partial charge in [-0.05, 0) is 24.4 Å². The van der Waals surface area contributed by atoms with Crippen molar-refractivity contribution in [1.82, 2.24) is 21.5 Å². The number of hydrogen-bond donors (Lipinski definition) is 4. The highest BCUT2D eigenvalue weighted by Crippen LogP contribution is 2.03. The van der Waals surface area contributed by atoms with Crippen LogP contribution < -0.4 is 21.5 Å². The van der Waals surface area contributed by atoms with Gasteiger partial charge in [0.25, 0.3) is 0 Å². The zero-order chi connectivity index (χ0) is 14.8. The predicted molar refractivity (Wildman–Crippen MR) is 91.2 cm³/mol. The van der Waals surface area contributed by atoms with Gasteiger partial charge in [-0.2, -0.15) is 10.2 Å². The van der Waals surface area contributed by atoms with Gasteiger partial charge in [0.15, 0.2) is 10.2 Å². The highest BCUT2D eigenvalue weighted by Gasteiger charge is 1.96. The van der Waals surface area contributed by atoms with E-state index in [0.29, 0.717) is 10.2 Å². The molecule has 0 aliphatic heterocycles. The molecule has 0 aliphatic rings. The Balaban J connectivity index is 2.72. The lowest BCUT2D eigenvalue weighted by atomic mass is 10.1. The number of nitrogens with one attached hydrogen (secondary N) is 4. The molecule has 8 heteroatoms. The summed E-state index contributed by atoms with van der Waals surface area (Å²) in [6.45, 7) is 0. The van der Waals surface area contributed by atoms with Crippen LogP contribution in [0.5, 0.6) is 0 Å². The summed E-state index contributed by atoms with van der Waals surface area (Å²) in [5, 5.41) is 14.5. The molecular weight excluding hydrogens is 292 g/mol. The Morgan fingerprint density at radius 3 is 1.65 bits per heavy atom. The highest BCUT2D eigenvalue weighted by atomic mass is 32.1. The molecule has 0 atom stereocenters. The van der Waals surface area contributed by atoms with Crippen molar-refractivity contribution < 1.29 is 0 Å². The van der Waals surface area contributed by atoms with Gasteiger partial charge in [-0.3, -0.25) is 10.9 Å². The van der Waals surface area contributed by atoms with E-state index < -0.39 is 0 Å². The molecule has 0 saturated heterocycles. The molecule has 1 rings (SSSR count). The highest BCUT2D eigenvalue weighted by molar-refractivity contribution is 7.80. The Labute approximate surface area is 128 Å². The van der Waals surface area contributed by atoms with Crippen molar-refractivity contribution in [2.45, 2.75) is 0 Å². The second kappa shape index (κ2) is 8.94. The van der Waals surface area contributed by atoms with Crippen LogP contribution in [-0.2, 0) is 0 Å². The van der Waals surface area contributed by atoms with Crippen molar-refractivity contribution in [1.29, 1.82) is 0 Å². The minimum atomic E-state index is 0.452. The molecule has 6 nitrogen and oxygen atoms in total. The molecule has 0 heterocycles. The van der Waals surface area contributed by atoms with Gasteiger partial charge < -0.3 is 10.6 Å². The Hall–Kier alpha value is -2.06. The van der Waals surface area contributed by atoms with Crippen LogP contribution in [-0.4, -0.2) is 36.7 Å². The van der Waals surface area contributed by atoms with Gasteiger partial charge in [0, 0.05) is 25.2 Å². The third kappa shape index (κ3) is 5.72. The SMILES string of the molecule is CNC(=S)N/N=C/c1ccccc1/C=N/NC(=S)NC. The molecule has 0 amide bonds. The molecule has 4 N–H and O–H groups in total. The van der Waals surface area contributed by atoms with Crippen molar-refractivity contribution in [3.8, 4) is 0 Å². The summed E-state index contributed by atoms with van der Waals surface area (Å²) in [7, 11) is 3.45. The average Bonchev–Trinajstić information content (AvgIpc) is 2.48. The minimum Gasteiger partial charge on any atom is -0.364 e. The first-order valence-electron chi connectivity index (χ1n) is 5.78. The molecule has 1 aromatic rings. The molecule has 0 unspecified atom stereocenters. The van der Waals surface area contributed by atoms with Gasteiger partial charge in [0.05, 0.1) is 12.4 Å². The van der Waals surface area contributed by atoms with E-state index >= 15 is 0 Å². The van der Waals surface area contributed by atoms with E-state index in [-0.39, 0.29) is 0 Å². The van der Waals surface area contributed by atoms with E-state index in [4.69, 9.17) is 24.4 Å². The van der Waals surface area contributed by atoms with E-state index in [2.05, 4.69) is 31.7 Å². The zero-order valence-corrected chi connectivity index (χ0v) is 12.8. The first-order valence-corrected chi connectivity index (χ1v) is 6.59. The Morgan fingerprint density at radius 2 is 1.30 bits per heavy atom. The maximum absolute atomic E-state index is 4.92. The Kier molecular flexibility index (Phi) is 7.15. The Bertz CT molecular complexity index is 479. The molecule has 0 radical (unpaired) electrons. The number of nitrogens with zero attached hydrogens (tertiary/aromatic N) is 2. The van der Waals surface area contributed by atoms with Crippen LogP contribution in [0.15, 0.2) is 34.5 Å². The maximum atomic E-state index is 4.92. The lowest BCUT2D eigenvalue weighted by Crippen LogP contribution is -2.28. The van der Waals surface area contributed by atoms with E-state index in [1.807, 2.05) is 24.3 Å². The van der Waals surface area contributed by atoms with Gasteiger partial charge in [-0.1, -0.05) is 24.3 Å². The number of rotatable bonds is 4. The standard InChI is InChI=1S/C12H16N6S2/c1-13-11(19)17-15-7-9-5-3-4-6-10(9)8-16-18-12(20)14-2/h3-8H,1-2H3,(H2,13,17,19)(H2,14,18,20)/b15-7+,16-8+. The predicted octanol–water partition coefficient (Wildman–Crippen LogP) is 0.542. The molecule has 0 spiro atoms. The lowest BCUT2D eigenvalue weighted by molar-refractivity contribution is 0.980. The molecule has 1 aromatic carbocycles. The van der Waals surface area contributed by atoms with Crippen molar-refractivity contribution in [3.63, 3.8) is 0 Å². The smallest absolute Gasteiger partial charge is 0.186 e. The van der Waals surface area contributed by atoms with Crippen molar-refractivity contribution in [3.05, 3.63) is 35.4 Å². The van der Waals surface area contributed by atoms with E-state index in [0.717, 1.165) is 11.1 Å². The molecule has 0 saturated carbocycles. The second-order valence-electron chi connectivity index (χ2n) is 3.53. The molecule has 0 bridgehead atoms. The average molecular weight is 308 g/mol. The van der Waals surface area contributed by atoms with Gasteiger partial charge in [0.2, 0.25) is 0 Å². The van der Waals surface area contributed by atoms with E-state index in [1.165, 1.54) is 0 Å². The van der Waals surface area contributed by atoms with Crippen LogP contribution in [0.2, 0.25) is 0 Å². The van der Waals surface area contributed by atoms with Gasteiger partial charge >= 0.3 is 0 Å². The van der Waals surface area contributed by atoms with Crippen molar-refractivity contribution >= 4 is 47.1 Å². The number of thiocarbonyl (C=S) groups is 2. The number of hydrogen-bond acceptors (Lipinski definition) is 4. The lowest BCUT2D eigenvalue weighted by Gasteiger charge is -2.03. The fourth-order valence-electron chi connectivity index (χ4n) is 1.18. The topological polar surface area (TPSA) is 72.8 Å².